The van der Waals surface area contributed by atoms with Crippen LogP contribution >= 0.6 is 0 Å². The summed E-state index contributed by atoms with van der Waals surface area (Å²) in [7, 11) is 0. The van der Waals surface area contributed by atoms with Crippen molar-refractivity contribution in [1.82, 2.24) is 5.32 Å². The number of aryl methyl sites for hydroxylation is 3. The van der Waals surface area contributed by atoms with E-state index < -0.39 is 0 Å². The SMILES string of the molecule is CCCNCCCCc1ccc(C)c(C)c1. The Bertz CT molecular complexity index is 304. The quantitative estimate of drug-likeness (QED) is 0.691. The molecule has 0 amide bonds. The van der Waals surface area contributed by atoms with Crippen molar-refractivity contribution in [2.75, 3.05) is 13.1 Å². The fourth-order valence-electron chi connectivity index (χ4n) is 1.84. The van der Waals surface area contributed by atoms with Crippen molar-refractivity contribution in [3.8, 4) is 0 Å². The molecule has 90 valence electrons. The molecular weight excluding hydrogens is 194 g/mol. The lowest BCUT2D eigenvalue weighted by molar-refractivity contribution is 0.617. The maximum atomic E-state index is 3.44. The number of nitrogens with one attached hydrogen (secondary N) is 1. The number of unbranched alkanes of at least 4 members (excludes halogenated alkanes) is 1. The molecular formula is C15H25N. The lowest BCUT2D eigenvalue weighted by Crippen LogP contribution is -2.15. The minimum absolute atomic E-state index is 1.16. The molecule has 16 heavy (non-hydrogen) atoms. The summed E-state index contributed by atoms with van der Waals surface area (Å²) in [4.78, 5) is 0. The van der Waals surface area contributed by atoms with E-state index in [1.54, 1.807) is 0 Å². The Kier molecular flexibility index (Phi) is 6.17. The number of benzene rings is 1. The molecule has 0 aromatic heterocycles. The van der Waals surface area contributed by atoms with Gasteiger partial charge in [0.15, 0.2) is 0 Å². The van der Waals surface area contributed by atoms with Crippen LogP contribution in [0.5, 0.6) is 0 Å². The first-order valence-electron chi connectivity index (χ1n) is 6.51. The first kappa shape index (κ1) is 13.2. The first-order valence-corrected chi connectivity index (χ1v) is 6.51. The second kappa shape index (κ2) is 7.45. The van der Waals surface area contributed by atoms with Crippen molar-refractivity contribution < 1.29 is 0 Å². The molecule has 0 fully saturated rings. The van der Waals surface area contributed by atoms with Crippen LogP contribution in [0.3, 0.4) is 0 Å². The second-order valence-corrected chi connectivity index (χ2v) is 4.63. The Morgan fingerprint density at radius 3 is 2.50 bits per heavy atom. The molecule has 1 nitrogen and oxygen atoms in total. The van der Waals surface area contributed by atoms with E-state index in [0.29, 0.717) is 0 Å². The van der Waals surface area contributed by atoms with Gasteiger partial charge in [-0.05, 0) is 69.3 Å². The van der Waals surface area contributed by atoms with Crippen LogP contribution in [0.1, 0.15) is 42.9 Å². The zero-order valence-electron chi connectivity index (χ0n) is 11.0. The number of rotatable bonds is 7. The summed E-state index contributed by atoms with van der Waals surface area (Å²) in [5.74, 6) is 0. The van der Waals surface area contributed by atoms with Crippen LogP contribution in [0.15, 0.2) is 18.2 Å². The maximum absolute atomic E-state index is 3.44. The molecule has 1 aromatic carbocycles. The van der Waals surface area contributed by atoms with Crippen LogP contribution in [0.25, 0.3) is 0 Å². The minimum Gasteiger partial charge on any atom is -0.317 e. The number of hydrogen-bond donors (Lipinski definition) is 1. The van der Waals surface area contributed by atoms with Gasteiger partial charge in [-0.15, -0.1) is 0 Å². The zero-order valence-corrected chi connectivity index (χ0v) is 11.0. The predicted octanol–water partition coefficient (Wildman–Crippen LogP) is 3.63. The Hall–Kier alpha value is -0.820. The molecule has 1 aromatic rings. The Morgan fingerprint density at radius 2 is 1.81 bits per heavy atom. The molecule has 0 aliphatic carbocycles. The first-order chi connectivity index (χ1) is 7.74. The second-order valence-electron chi connectivity index (χ2n) is 4.63. The normalized spacial score (nSPS) is 10.7. The molecule has 1 heteroatoms. The molecule has 0 bridgehead atoms. The standard InChI is InChI=1S/C15H25N/c1-4-10-16-11-6-5-7-15-9-8-13(2)14(3)12-15/h8-9,12,16H,4-7,10-11H2,1-3H3. The lowest BCUT2D eigenvalue weighted by atomic mass is 10.0. The van der Waals surface area contributed by atoms with E-state index in [0.717, 1.165) is 6.54 Å². The maximum Gasteiger partial charge on any atom is -0.00488 e. The van der Waals surface area contributed by atoms with E-state index in [1.807, 2.05) is 0 Å². The van der Waals surface area contributed by atoms with E-state index in [9.17, 15) is 0 Å². The summed E-state index contributed by atoms with van der Waals surface area (Å²) in [6.07, 6.45) is 5.03. The van der Waals surface area contributed by atoms with Gasteiger partial charge in [0.25, 0.3) is 0 Å². The van der Waals surface area contributed by atoms with Crippen molar-refractivity contribution in [2.45, 2.75) is 46.5 Å². The summed E-state index contributed by atoms with van der Waals surface area (Å²) in [5, 5.41) is 3.44. The van der Waals surface area contributed by atoms with Crippen LogP contribution in [0.2, 0.25) is 0 Å². The van der Waals surface area contributed by atoms with Gasteiger partial charge in [0, 0.05) is 0 Å². The summed E-state index contributed by atoms with van der Waals surface area (Å²) < 4.78 is 0. The highest BCUT2D eigenvalue weighted by Gasteiger charge is 1.96. The molecule has 1 N–H and O–H groups in total. The molecule has 0 saturated carbocycles. The van der Waals surface area contributed by atoms with Crippen LogP contribution in [0.4, 0.5) is 0 Å². The molecule has 0 aliphatic rings. The van der Waals surface area contributed by atoms with Gasteiger partial charge in [0.1, 0.15) is 0 Å². The van der Waals surface area contributed by atoms with Crippen molar-refractivity contribution in [1.29, 1.82) is 0 Å². The molecule has 0 saturated heterocycles. The Morgan fingerprint density at radius 1 is 1.00 bits per heavy atom. The van der Waals surface area contributed by atoms with Gasteiger partial charge in [0.2, 0.25) is 0 Å². The van der Waals surface area contributed by atoms with Crippen molar-refractivity contribution in [2.24, 2.45) is 0 Å². The molecule has 0 atom stereocenters. The van der Waals surface area contributed by atoms with E-state index in [-0.39, 0.29) is 0 Å². The monoisotopic (exact) mass is 219 g/mol. The van der Waals surface area contributed by atoms with Gasteiger partial charge in [-0.3, -0.25) is 0 Å². The molecule has 0 spiro atoms. The highest BCUT2D eigenvalue weighted by Crippen LogP contribution is 2.11. The van der Waals surface area contributed by atoms with Crippen molar-refractivity contribution in [3.05, 3.63) is 34.9 Å². The van der Waals surface area contributed by atoms with Gasteiger partial charge in [-0.1, -0.05) is 25.1 Å². The molecule has 0 heterocycles. The number of hydrogen-bond acceptors (Lipinski definition) is 1. The Balaban J connectivity index is 2.19. The third-order valence-electron chi connectivity index (χ3n) is 3.07. The topological polar surface area (TPSA) is 12.0 Å². The summed E-state index contributed by atoms with van der Waals surface area (Å²) in [5.41, 5.74) is 4.30. The van der Waals surface area contributed by atoms with Gasteiger partial charge >= 0.3 is 0 Å². The van der Waals surface area contributed by atoms with Gasteiger partial charge < -0.3 is 5.32 Å². The smallest absolute Gasteiger partial charge is 0.00488 e. The highest BCUT2D eigenvalue weighted by atomic mass is 14.8. The van der Waals surface area contributed by atoms with Crippen LogP contribution in [-0.4, -0.2) is 13.1 Å². The average Bonchev–Trinajstić information content (AvgIpc) is 2.28. The van der Waals surface area contributed by atoms with Gasteiger partial charge in [-0.25, -0.2) is 0 Å². The van der Waals surface area contributed by atoms with E-state index in [4.69, 9.17) is 0 Å². The predicted molar refractivity (Wildman–Crippen MR) is 72.0 cm³/mol. The fraction of sp³-hybridized carbons (Fsp3) is 0.600. The molecule has 1 rings (SSSR count). The van der Waals surface area contributed by atoms with Crippen molar-refractivity contribution >= 4 is 0 Å². The average molecular weight is 219 g/mol. The molecule has 0 unspecified atom stereocenters. The largest absolute Gasteiger partial charge is 0.317 e. The highest BCUT2D eigenvalue weighted by molar-refractivity contribution is 5.29. The van der Waals surface area contributed by atoms with E-state index in [2.05, 4.69) is 44.3 Å². The third-order valence-corrected chi connectivity index (χ3v) is 3.07. The lowest BCUT2D eigenvalue weighted by Gasteiger charge is -2.06. The summed E-state index contributed by atoms with van der Waals surface area (Å²) in [6, 6.07) is 6.83. The summed E-state index contributed by atoms with van der Waals surface area (Å²) in [6.45, 7) is 8.90. The Labute approximate surface area is 100 Å². The summed E-state index contributed by atoms with van der Waals surface area (Å²) >= 11 is 0. The van der Waals surface area contributed by atoms with E-state index in [1.165, 1.54) is 48.9 Å². The van der Waals surface area contributed by atoms with E-state index >= 15 is 0 Å². The molecule has 0 aliphatic heterocycles. The third kappa shape index (κ3) is 4.80. The van der Waals surface area contributed by atoms with Gasteiger partial charge in [0.05, 0.1) is 0 Å². The van der Waals surface area contributed by atoms with Crippen LogP contribution in [-0.2, 0) is 6.42 Å². The zero-order chi connectivity index (χ0) is 11.8. The van der Waals surface area contributed by atoms with Crippen molar-refractivity contribution in [3.63, 3.8) is 0 Å². The van der Waals surface area contributed by atoms with Crippen LogP contribution in [0, 0.1) is 13.8 Å². The van der Waals surface area contributed by atoms with Gasteiger partial charge in [-0.2, -0.15) is 0 Å². The van der Waals surface area contributed by atoms with Crippen LogP contribution < -0.4 is 5.32 Å². The molecule has 0 radical (unpaired) electrons. The fourth-order valence-corrected chi connectivity index (χ4v) is 1.84. The minimum atomic E-state index is 1.16.